The molecule has 0 saturated carbocycles. The van der Waals surface area contributed by atoms with Crippen LogP contribution in [-0.2, 0) is 17.6 Å². The minimum atomic E-state index is 0.185. The second-order valence-electron chi connectivity index (χ2n) is 4.47. The average Bonchev–Trinajstić information content (AvgIpc) is 2.32. The van der Waals surface area contributed by atoms with Crippen LogP contribution in [0.1, 0.15) is 16.7 Å². The van der Waals surface area contributed by atoms with Crippen LogP contribution in [0.5, 0.6) is 0 Å². The number of carbonyl (C=O) groups excluding carboxylic acids is 1. The van der Waals surface area contributed by atoms with Crippen LogP contribution in [0.3, 0.4) is 0 Å². The number of anilines is 1. The number of hydrogen-bond donors (Lipinski definition) is 1. The Labute approximate surface area is 107 Å². The summed E-state index contributed by atoms with van der Waals surface area (Å²) in [6.07, 6.45) is 2.49. The van der Waals surface area contributed by atoms with Gasteiger partial charge in [0.25, 0.3) is 0 Å². The highest BCUT2D eigenvalue weighted by Crippen LogP contribution is 2.08. The van der Waals surface area contributed by atoms with Gasteiger partial charge in [0.2, 0.25) is 0 Å². The normalized spacial score (nSPS) is 10.3. The highest BCUT2D eigenvalue weighted by molar-refractivity contribution is 5.83. The quantitative estimate of drug-likeness (QED) is 0.892. The molecule has 0 aliphatic rings. The van der Waals surface area contributed by atoms with Crippen LogP contribution in [0.4, 0.5) is 5.82 Å². The number of carbonyl (C=O) groups is 1. The van der Waals surface area contributed by atoms with Crippen molar-refractivity contribution in [2.75, 3.05) is 5.73 Å². The van der Waals surface area contributed by atoms with Crippen LogP contribution in [0.2, 0.25) is 0 Å². The molecule has 1 heterocycles. The molecule has 1 aromatic carbocycles. The van der Waals surface area contributed by atoms with Gasteiger partial charge in [-0.05, 0) is 30.2 Å². The van der Waals surface area contributed by atoms with Gasteiger partial charge in [-0.25, -0.2) is 4.98 Å². The summed E-state index contributed by atoms with van der Waals surface area (Å²) in [6.45, 7) is 2.03. The first-order chi connectivity index (χ1) is 8.63. The Morgan fingerprint density at radius 2 is 1.78 bits per heavy atom. The summed E-state index contributed by atoms with van der Waals surface area (Å²) in [6, 6.07) is 11.6. The largest absolute Gasteiger partial charge is 0.384 e. The minimum absolute atomic E-state index is 0.185. The van der Waals surface area contributed by atoms with Crippen molar-refractivity contribution in [2.24, 2.45) is 0 Å². The van der Waals surface area contributed by atoms with Gasteiger partial charge in [0.1, 0.15) is 11.6 Å². The molecular weight excluding hydrogens is 224 g/mol. The van der Waals surface area contributed by atoms with Crippen molar-refractivity contribution in [1.29, 1.82) is 0 Å². The van der Waals surface area contributed by atoms with Crippen LogP contribution >= 0.6 is 0 Å². The van der Waals surface area contributed by atoms with Crippen molar-refractivity contribution < 1.29 is 4.79 Å². The molecule has 0 aliphatic heterocycles. The Morgan fingerprint density at radius 1 is 1.11 bits per heavy atom. The van der Waals surface area contributed by atoms with E-state index >= 15 is 0 Å². The third-order valence-corrected chi connectivity index (χ3v) is 2.77. The molecule has 0 atom stereocenters. The zero-order valence-electron chi connectivity index (χ0n) is 10.4. The monoisotopic (exact) mass is 240 g/mol. The first kappa shape index (κ1) is 12.3. The number of benzene rings is 1. The van der Waals surface area contributed by atoms with Gasteiger partial charge in [0.05, 0.1) is 0 Å². The van der Waals surface area contributed by atoms with Crippen molar-refractivity contribution in [3.8, 4) is 0 Å². The number of nitrogens with two attached hydrogens (primary N) is 1. The lowest BCUT2D eigenvalue weighted by atomic mass is 10.0. The Morgan fingerprint density at radius 3 is 2.44 bits per heavy atom. The number of aryl methyl sites for hydroxylation is 1. The zero-order valence-corrected chi connectivity index (χ0v) is 10.4. The van der Waals surface area contributed by atoms with Gasteiger partial charge in [-0.15, -0.1) is 0 Å². The fourth-order valence-electron chi connectivity index (χ4n) is 1.83. The maximum absolute atomic E-state index is 11.9. The van der Waals surface area contributed by atoms with Gasteiger partial charge >= 0.3 is 0 Å². The summed E-state index contributed by atoms with van der Waals surface area (Å²) in [5.41, 5.74) is 8.75. The molecule has 0 unspecified atom stereocenters. The highest BCUT2D eigenvalue weighted by Gasteiger charge is 2.05. The van der Waals surface area contributed by atoms with Crippen molar-refractivity contribution >= 4 is 11.6 Å². The minimum Gasteiger partial charge on any atom is -0.384 e. The molecule has 0 bridgehead atoms. The van der Waals surface area contributed by atoms with E-state index in [9.17, 15) is 4.79 Å². The van der Waals surface area contributed by atoms with Crippen LogP contribution < -0.4 is 5.73 Å². The number of nitrogen functional groups attached to an aromatic ring is 1. The van der Waals surface area contributed by atoms with Crippen molar-refractivity contribution in [3.63, 3.8) is 0 Å². The third-order valence-electron chi connectivity index (χ3n) is 2.77. The van der Waals surface area contributed by atoms with E-state index in [1.165, 1.54) is 5.56 Å². The van der Waals surface area contributed by atoms with Gasteiger partial charge in [-0.2, -0.15) is 0 Å². The SMILES string of the molecule is Cc1ccc(CC(=O)Cc2ccnc(N)c2)cc1. The van der Waals surface area contributed by atoms with Gasteiger partial charge in [-0.3, -0.25) is 4.79 Å². The van der Waals surface area contributed by atoms with Crippen molar-refractivity contribution in [3.05, 3.63) is 59.3 Å². The summed E-state index contributed by atoms with van der Waals surface area (Å²) in [5.74, 6) is 0.639. The van der Waals surface area contributed by atoms with Crippen LogP contribution in [0.25, 0.3) is 0 Å². The Hall–Kier alpha value is -2.16. The molecule has 0 spiro atoms. The summed E-state index contributed by atoms with van der Waals surface area (Å²) < 4.78 is 0. The molecular formula is C15H16N2O. The molecule has 0 radical (unpaired) electrons. The number of pyridine rings is 1. The van der Waals surface area contributed by atoms with Gasteiger partial charge < -0.3 is 5.73 Å². The van der Waals surface area contributed by atoms with Gasteiger partial charge in [0, 0.05) is 19.0 Å². The van der Waals surface area contributed by atoms with Gasteiger partial charge in [-0.1, -0.05) is 29.8 Å². The molecule has 2 N–H and O–H groups in total. The molecule has 0 saturated heterocycles. The lowest BCUT2D eigenvalue weighted by molar-refractivity contribution is -0.117. The number of hydrogen-bond acceptors (Lipinski definition) is 3. The first-order valence-electron chi connectivity index (χ1n) is 5.91. The second-order valence-corrected chi connectivity index (χ2v) is 4.47. The van der Waals surface area contributed by atoms with E-state index in [1.54, 1.807) is 12.3 Å². The predicted octanol–water partition coefficient (Wildman–Crippen LogP) is 2.33. The molecule has 0 aliphatic carbocycles. The van der Waals surface area contributed by atoms with Crippen molar-refractivity contribution in [1.82, 2.24) is 4.98 Å². The maximum Gasteiger partial charge on any atom is 0.141 e. The van der Waals surface area contributed by atoms with Gasteiger partial charge in [0.15, 0.2) is 0 Å². The van der Waals surface area contributed by atoms with Crippen molar-refractivity contribution in [2.45, 2.75) is 19.8 Å². The van der Waals surface area contributed by atoms with Crippen LogP contribution in [0, 0.1) is 6.92 Å². The topological polar surface area (TPSA) is 56.0 Å². The predicted molar refractivity (Wildman–Crippen MR) is 72.2 cm³/mol. The second kappa shape index (κ2) is 5.45. The molecule has 18 heavy (non-hydrogen) atoms. The van der Waals surface area contributed by atoms with E-state index in [2.05, 4.69) is 4.98 Å². The summed E-state index contributed by atoms with van der Waals surface area (Å²) in [5, 5.41) is 0. The first-order valence-corrected chi connectivity index (χ1v) is 5.91. The van der Waals surface area contributed by atoms with E-state index < -0.39 is 0 Å². The smallest absolute Gasteiger partial charge is 0.141 e. The number of aromatic nitrogens is 1. The summed E-state index contributed by atoms with van der Waals surface area (Å²) in [7, 11) is 0. The van der Waals surface area contributed by atoms with E-state index in [4.69, 9.17) is 5.73 Å². The lowest BCUT2D eigenvalue weighted by Gasteiger charge is -2.03. The summed E-state index contributed by atoms with van der Waals surface area (Å²) >= 11 is 0. The maximum atomic E-state index is 11.9. The molecule has 3 nitrogen and oxygen atoms in total. The number of Topliss-reactive ketones (excluding diaryl/α,β-unsaturated/α-hetero) is 1. The Kier molecular flexibility index (Phi) is 3.72. The molecule has 0 amide bonds. The van der Waals surface area contributed by atoms with E-state index in [0.717, 1.165) is 11.1 Å². The highest BCUT2D eigenvalue weighted by atomic mass is 16.1. The van der Waals surface area contributed by atoms with E-state index in [1.807, 2.05) is 37.3 Å². The molecule has 2 rings (SSSR count). The van der Waals surface area contributed by atoms with Crippen LogP contribution in [0.15, 0.2) is 42.6 Å². The lowest BCUT2D eigenvalue weighted by Crippen LogP contribution is -2.07. The van der Waals surface area contributed by atoms with Crippen LogP contribution in [-0.4, -0.2) is 10.8 Å². The molecule has 1 aromatic heterocycles. The Balaban J connectivity index is 1.98. The Bertz CT molecular complexity index is 547. The fourth-order valence-corrected chi connectivity index (χ4v) is 1.83. The standard InChI is InChI=1S/C15H16N2O/c1-11-2-4-12(5-3-11)8-14(18)9-13-6-7-17-15(16)10-13/h2-7,10H,8-9H2,1H3,(H2,16,17). The fraction of sp³-hybridized carbons (Fsp3) is 0.200. The molecule has 92 valence electrons. The third kappa shape index (κ3) is 3.42. The number of nitrogens with zero attached hydrogens (tertiary/aromatic N) is 1. The zero-order chi connectivity index (χ0) is 13.0. The number of ketones is 1. The molecule has 3 heteroatoms. The molecule has 2 aromatic rings. The van der Waals surface area contributed by atoms with E-state index in [-0.39, 0.29) is 5.78 Å². The average molecular weight is 240 g/mol. The number of rotatable bonds is 4. The molecule has 0 fully saturated rings. The van der Waals surface area contributed by atoms with E-state index in [0.29, 0.717) is 18.7 Å². The summed E-state index contributed by atoms with van der Waals surface area (Å²) in [4.78, 5) is 15.8.